The van der Waals surface area contributed by atoms with Crippen molar-refractivity contribution in [1.29, 1.82) is 0 Å². The highest BCUT2D eigenvalue weighted by molar-refractivity contribution is 7.91. The maximum atomic E-state index is 12.2. The molecule has 1 aromatic carbocycles. The Bertz CT molecular complexity index is 665. The van der Waals surface area contributed by atoms with Crippen molar-refractivity contribution in [2.24, 2.45) is 0 Å². The predicted molar refractivity (Wildman–Crippen MR) is 76.2 cm³/mol. The van der Waals surface area contributed by atoms with E-state index < -0.39 is 19.9 Å². The van der Waals surface area contributed by atoms with Gasteiger partial charge in [-0.1, -0.05) is 13.3 Å². The average molecular weight is 321 g/mol. The van der Waals surface area contributed by atoms with E-state index in [4.69, 9.17) is 4.74 Å². The molecule has 6 nitrogen and oxygen atoms in total. The smallest absolute Gasteiger partial charge is 0.244 e. The zero-order valence-electron chi connectivity index (χ0n) is 11.7. The monoisotopic (exact) mass is 321 g/mol. The molecular formula is C12H19NO5S2. The SMILES string of the molecule is CCCCNS(=O)(=O)c1cc(S(C)(=O)=O)ccc1OC. The summed E-state index contributed by atoms with van der Waals surface area (Å²) < 4.78 is 54.8. The van der Waals surface area contributed by atoms with E-state index in [9.17, 15) is 16.8 Å². The van der Waals surface area contributed by atoms with Crippen LogP contribution >= 0.6 is 0 Å². The number of sulfonamides is 1. The topological polar surface area (TPSA) is 89.5 Å². The van der Waals surface area contributed by atoms with Gasteiger partial charge < -0.3 is 4.74 Å². The summed E-state index contributed by atoms with van der Waals surface area (Å²) in [4.78, 5) is -0.229. The first-order valence-corrected chi connectivity index (χ1v) is 9.47. The van der Waals surface area contributed by atoms with Crippen LogP contribution in [0.15, 0.2) is 28.0 Å². The molecular weight excluding hydrogens is 302 g/mol. The van der Waals surface area contributed by atoms with Crippen molar-refractivity contribution >= 4 is 19.9 Å². The summed E-state index contributed by atoms with van der Waals surface area (Å²) in [5, 5.41) is 0. The zero-order chi connectivity index (χ0) is 15.4. The van der Waals surface area contributed by atoms with Crippen LogP contribution in [0, 0.1) is 0 Å². The van der Waals surface area contributed by atoms with Gasteiger partial charge in [-0.05, 0) is 24.6 Å². The second-order valence-corrected chi connectivity index (χ2v) is 8.09. The molecule has 0 saturated carbocycles. The molecule has 0 aliphatic carbocycles. The highest BCUT2D eigenvalue weighted by Gasteiger charge is 2.21. The van der Waals surface area contributed by atoms with E-state index in [1.165, 1.54) is 19.2 Å². The molecule has 1 aromatic rings. The molecule has 0 aliphatic heterocycles. The molecule has 0 saturated heterocycles. The number of nitrogens with one attached hydrogen (secondary N) is 1. The van der Waals surface area contributed by atoms with Gasteiger partial charge in [-0.2, -0.15) is 0 Å². The first-order valence-electron chi connectivity index (χ1n) is 6.10. The van der Waals surface area contributed by atoms with Crippen LogP contribution < -0.4 is 9.46 Å². The lowest BCUT2D eigenvalue weighted by Crippen LogP contribution is -2.25. The van der Waals surface area contributed by atoms with Crippen LogP contribution in [0.5, 0.6) is 5.75 Å². The Hall–Kier alpha value is -1.12. The number of rotatable bonds is 7. The second kappa shape index (κ2) is 6.55. The number of sulfone groups is 1. The lowest BCUT2D eigenvalue weighted by Gasteiger charge is -2.11. The quantitative estimate of drug-likeness (QED) is 0.762. The van der Waals surface area contributed by atoms with Crippen molar-refractivity contribution in [3.05, 3.63) is 18.2 Å². The Balaban J connectivity index is 3.27. The molecule has 1 N–H and O–H groups in total. The number of ether oxygens (including phenoxy) is 1. The Morgan fingerprint density at radius 3 is 2.35 bits per heavy atom. The van der Waals surface area contributed by atoms with Gasteiger partial charge in [-0.15, -0.1) is 0 Å². The lowest BCUT2D eigenvalue weighted by molar-refractivity contribution is 0.401. The summed E-state index contributed by atoms with van der Waals surface area (Å²) in [5.41, 5.74) is 0. The molecule has 0 unspecified atom stereocenters. The highest BCUT2D eigenvalue weighted by atomic mass is 32.2. The minimum Gasteiger partial charge on any atom is -0.495 e. The number of methoxy groups -OCH3 is 1. The fourth-order valence-electron chi connectivity index (χ4n) is 1.56. The minimum absolute atomic E-state index is 0.0610. The Morgan fingerprint density at radius 2 is 1.85 bits per heavy atom. The van der Waals surface area contributed by atoms with E-state index in [1.807, 2.05) is 6.92 Å². The number of benzene rings is 1. The van der Waals surface area contributed by atoms with Crippen molar-refractivity contribution in [3.63, 3.8) is 0 Å². The van der Waals surface area contributed by atoms with E-state index in [2.05, 4.69) is 4.72 Å². The third kappa shape index (κ3) is 4.19. The average Bonchev–Trinajstić information content (AvgIpc) is 2.37. The molecule has 0 aliphatic rings. The standard InChI is InChI=1S/C12H19NO5S2/c1-4-5-8-13-20(16,17)12-9-10(19(3,14)15)6-7-11(12)18-2/h6-7,9,13H,4-5,8H2,1-3H3. The molecule has 114 valence electrons. The molecule has 0 heterocycles. The van der Waals surface area contributed by atoms with Crippen molar-refractivity contribution in [2.75, 3.05) is 19.9 Å². The van der Waals surface area contributed by atoms with Gasteiger partial charge in [-0.3, -0.25) is 0 Å². The molecule has 0 aromatic heterocycles. The number of hydrogen-bond acceptors (Lipinski definition) is 5. The summed E-state index contributed by atoms with van der Waals surface area (Å²) in [6, 6.07) is 3.77. The van der Waals surface area contributed by atoms with Crippen molar-refractivity contribution in [1.82, 2.24) is 4.72 Å². The largest absolute Gasteiger partial charge is 0.495 e. The van der Waals surface area contributed by atoms with Gasteiger partial charge >= 0.3 is 0 Å². The maximum absolute atomic E-state index is 12.2. The fraction of sp³-hybridized carbons (Fsp3) is 0.500. The molecule has 0 atom stereocenters. The maximum Gasteiger partial charge on any atom is 0.244 e. The summed E-state index contributed by atoms with van der Waals surface area (Å²) in [6.07, 6.45) is 2.58. The van der Waals surface area contributed by atoms with Crippen molar-refractivity contribution in [3.8, 4) is 5.75 Å². The van der Waals surface area contributed by atoms with E-state index in [0.29, 0.717) is 13.0 Å². The normalized spacial score (nSPS) is 12.3. The van der Waals surface area contributed by atoms with Crippen LogP contribution in [-0.4, -0.2) is 36.7 Å². The molecule has 0 fully saturated rings. The van der Waals surface area contributed by atoms with Gasteiger partial charge in [0.05, 0.1) is 12.0 Å². The van der Waals surface area contributed by atoms with Crippen LogP contribution in [0.1, 0.15) is 19.8 Å². The third-order valence-corrected chi connectivity index (χ3v) is 5.27. The molecule has 8 heteroatoms. The Kier molecular flexibility index (Phi) is 5.55. The van der Waals surface area contributed by atoms with Crippen molar-refractivity contribution < 1.29 is 21.6 Å². The summed E-state index contributed by atoms with van der Waals surface area (Å²) >= 11 is 0. The first-order chi connectivity index (χ1) is 9.22. The van der Waals surface area contributed by atoms with Crippen LogP contribution in [0.3, 0.4) is 0 Å². The van der Waals surface area contributed by atoms with Crippen molar-refractivity contribution in [2.45, 2.75) is 29.6 Å². The summed E-state index contributed by atoms with van der Waals surface area (Å²) in [5.74, 6) is 0.112. The summed E-state index contributed by atoms with van der Waals surface area (Å²) in [6.45, 7) is 2.24. The van der Waals surface area contributed by atoms with E-state index in [1.54, 1.807) is 0 Å². The zero-order valence-corrected chi connectivity index (χ0v) is 13.3. The Morgan fingerprint density at radius 1 is 1.20 bits per heavy atom. The molecule has 0 spiro atoms. The van der Waals surface area contributed by atoms with Crippen LogP contribution in [0.4, 0.5) is 0 Å². The van der Waals surface area contributed by atoms with Gasteiger partial charge in [-0.25, -0.2) is 21.6 Å². The van der Waals surface area contributed by atoms with Gasteiger partial charge in [0.25, 0.3) is 0 Å². The molecule has 20 heavy (non-hydrogen) atoms. The Labute approximate surface area is 120 Å². The van der Waals surface area contributed by atoms with Crippen LogP contribution in [0.25, 0.3) is 0 Å². The number of unbranched alkanes of at least 4 members (excludes halogenated alkanes) is 1. The van der Waals surface area contributed by atoms with Gasteiger partial charge in [0, 0.05) is 12.8 Å². The fourth-order valence-corrected chi connectivity index (χ4v) is 3.55. The highest BCUT2D eigenvalue weighted by Crippen LogP contribution is 2.26. The predicted octanol–water partition coefficient (Wildman–Crippen LogP) is 1.18. The molecule has 1 rings (SSSR count). The second-order valence-electron chi connectivity index (χ2n) is 4.34. The van der Waals surface area contributed by atoms with Gasteiger partial charge in [0.15, 0.2) is 9.84 Å². The van der Waals surface area contributed by atoms with E-state index in [0.717, 1.165) is 18.7 Å². The summed E-state index contributed by atoms with van der Waals surface area (Å²) in [7, 11) is -5.95. The van der Waals surface area contributed by atoms with Gasteiger partial charge in [0.2, 0.25) is 10.0 Å². The molecule has 0 radical (unpaired) electrons. The van der Waals surface area contributed by atoms with Crippen LogP contribution in [0.2, 0.25) is 0 Å². The van der Waals surface area contributed by atoms with Gasteiger partial charge in [0.1, 0.15) is 10.6 Å². The van der Waals surface area contributed by atoms with E-state index in [-0.39, 0.29) is 15.5 Å². The number of hydrogen-bond donors (Lipinski definition) is 1. The molecule has 0 bridgehead atoms. The van der Waals surface area contributed by atoms with Crippen LogP contribution in [-0.2, 0) is 19.9 Å². The third-order valence-electron chi connectivity index (χ3n) is 2.68. The first kappa shape index (κ1) is 16.9. The minimum atomic E-state index is -3.80. The lowest BCUT2D eigenvalue weighted by atomic mass is 10.3. The molecule has 0 amide bonds. The van der Waals surface area contributed by atoms with E-state index >= 15 is 0 Å².